The van der Waals surface area contributed by atoms with Gasteiger partial charge >= 0.3 is 0 Å². The Morgan fingerprint density at radius 2 is 1.06 bits per heavy atom. The number of halogens is 5. The summed E-state index contributed by atoms with van der Waals surface area (Å²) in [5.74, 6) is 0.575. The maximum absolute atomic E-state index is 12.9. The van der Waals surface area contributed by atoms with Crippen LogP contribution in [-0.2, 0) is 56.3 Å². The summed E-state index contributed by atoms with van der Waals surface area (Å²) in [6.45, 7) is 29.0. The second kappa shape index (κ2) is 45.6. The lowest BCUT2D eigenvalue weighted by Gasteiger charge is -2.20. The van der Waals surface area contributed by atoms with Gasteiger partial charge in [-0.1, -0.05) is 184 Å². The number of ketones is 1. The fourth-order valence-corrected chi connectivity index (χ4v) is 8.04. The van der Waals surface area contributed by atoms with Crippen molar-refractivity contribution in [3.63, 3.8) is 0 Å². The Bertz CT molecular complexity index is 2940. The van der Waals surface area contributed by atoms with Gasteiger partial charge in [-0.05, 0) is 209 Å². The molecule has 1 aliphatic heterocycles. The van der Waals surface area contributed by atoms with Crippen molar-refractivity contribution in [1.29, 1.82) is 0 Å². The Hall–Kier alpha value is -6.94. The maximum Gasteiger partial charge on any atom is 0.189 e. The first kappa shape index (κ1) is 76.1. The highest BCUT2D eigenvalue weighted by Gasteiger charge is 2.14. The second-order valence-electron chi connectivity index (χ2n) is 19.0. The number of benzene rings is 7. The van der Waals surface area contributed by atoms with Crippen molar-refractivity contribution in [3.05, 3.63) is 276 Å². The average molecular weight is 1160 g/mol. The van der Waals surface area contributed by atoms with Gasteiger partial charge in [0.25, 0.3) is 0 Å². The molecule has 0 bridgehead atoms. The highest BCUT2D eigenvalue weighted by Crippen LogP contribution is 2.29. The lowest BCUT2D eigenvalue weighted by Crippen LogP contribution is -2.13. The third-order valence-corrected chi connectivity index (χ3v) is 13.4. The first-order chi connectivity index (χ1) is 39.3. The van der Waals surface area contributed by atoms with Gasteiger partial charge in [-0.3, -0.25) is 4.79 Å². The molecule has 0 saturated heterocycles. The predicted molar refractivity (Wildman–Crippen MR) is 346 cm³/mol. The van der Waals surface area contributed by atoms with E-state index in [2.05, 4.69) is 83.2 Å². The van der Waals surface area contributed by atoms with Crippen molar-refractivity contribution >= 4 is 17.1 Å². The zero-order valence-electron chi connectivity index (χ0n) is 51.3. The number of aryl methyl sites for hydroxylation is 11. The molecule has 9 rings (SSSR count). The lowest BCUT2D eigenvalue weighted by atomic mass is 10.0. The third-order valence-electron chi connectivity index (χ3n) is 12.4. The van der Waals surface area contributed by atoms with E-state index >= 15 is 0 Å². The lowest BCUT2D eigenvalue weighted by molar-refractivity contribution is -0.0168. The zero-order valence-corrected chi connectivity index (χ0v) is 52.2. The maximum atomic E-state index is 12.9. The fourth-order valence-electron chi connectivity index (χ4n) is 7.42. The van der Waals surface area contributed by atoms with Crippen LogP contribution in [0.3, 0.4) is 0 Å². The summed E-state index contributed by atoms with van der Waals surface area (Å²) in [6.07, 6.45) is 11.8. The van der Waals surface area contributed by atoms with Crippen molar-refractivity contribution in [2.45, 2.75) is 162 Å². The molecule has 0 spiro atoms. The first-order valence-corrected chi connectivity index (χ1v) is 29.5. The number of carbonyl (C=O) groups is 1. The number of rotatable bonds is 9. The molecule has 0 amide bonds. The number of allylic oxidation sites excluding steroid dienone is 2. The summed E-state index contributed by atoms with van der Waals surface area (Å²) < 4.78 is 73.5. The van der Waals surface area contributed by atoms with Gasteiger partial charge in [-0.2, -0.15) is 0 Å². The summed E-state index contributed by atoms with van der Waals surface area (Å²) in [5, 5.41) is 1.90. The molecule has 0 radical (unpaired) electrons. The van der Waals surface area contributed by atoms with Gasteiger partial charge in [0.1, 0.15) is 34.8 Å². The number of hydrogen-bond acceptors (Lipinski definition) is 4. The summed E-state index contributed by atoms with van der Waals surface area (Å²) in [7, 11) is 0. The Morgan fingerprint density at radius 3 is 1.51 bits per heavy atom. The molecular weight excluding hydrogens is 1060 g/mol. The largest absolute Gasteiger partial charge is 0.467 e. The number of ether oxygens (including phenoxy) is 2. The molecule has 0 saturated carbocycles. The van der Waals surface area contributed by atoms with Gasteiger partial charge in [-0.15, -0.1) is 11.3 Å². The first-order valence-electron chi connectivity index (χ1n) is 28.6. The molecule has 83 heavy (non-hydrogen) atoms. The van der Waals surface area contributed by atoms with Gasteiger partial charge in [0.05, 0.1) is 11.5 Å². The standard InChI is InChI=1S/C11H14O2.2C9H11F.C9H12.3C8H9F.C6H6OS.C5H10.CH4/c1-3-9-4-8(2)5-11-10(9)6-12-7-13-11;1-3-8-5-4-7(2)9(10)6-8;1-3-8-5-4-7(2)6-9(8)10;1-3-9-6-4-5-8(2)7-9;1-2-7-3-5-8(9)6-4-7;1-2-7-4-3-5-8(9)6-7;1-2-7-5-3-4-6-8(7)9;1-5(7)6-3-2-4-8-6;1-3-5-4-2;/h4-5H,3,6-7H2,1-2H3;2*4-6H,3H2,1-2H3;4-7H,3H2,1-2H3;3*3-6H,2H2,1H3;2-4H,1H3;3,5H,4H2,1-2H3;1H4. The van der Waals surface area contributed by atoms with E-state index in [1.165, 1.54) is 69.0 Å². The monoisotopic (exact) mass is 1160 g/mol. The second-order valence-corrected chi connectivity index (χ2v) is 20.0. The van der Waals surface area contributed by atoms with Crippen LogP contribution in [0.5, 0.6) is 5.75 Å². The Labute approximate surface area is 501 Å². The van der Waals surface area contributed by atoms with Crippen molar-refractivity contribution in [2.24, 2.45) is 0 Å². The Morgan fingerprint density at radius 1 is 0.494 bits per heavy atom. The Kier molecular flexibility index (Phi) is 41.8. The molecule has 450 valence electrons. The highest BCUT2D eigenvalue weighted by molar-refractivity contribution is 7.12. The molecule has 8 aromatic rings. The summed E-state index contributed by atoms with van der Waals surface area (Å²) >= 11 is 1.48. The van der Waals surface area contributed by atoms with Crippen LogP contribution >= 0.6 is 11.3 Å². The topological polar surface area (TPSA) is 35.5 Å². The average Bonchev–Trinajstić information content (AvgIpc) is 4.04. The van der Waals surface area contributed by atoms with E-state index in [1.54, 1.807) is 62.4 Å². The fraction of sp³-hybridized carbons (Fsp3) is 0.338. The molecule has 9 heteroatoms. The normalized spacial score (nSPS) is 10.3. The van der Waals surface area contributed by atoms with Gasteiger partial charge < -0.3 is 9.47 Å². The molecule has 1 aromatic heterocycles. The number of hydrogen-bond donors (Lipinski definition) is 0. The number of thiophene rings is 1. The molecule has 0 unspecified atom stereocenters. The molecule has 3 nitrogen and oxygen atoms in total. The highest BCUT2D eigenvalue weighted by atomic mass is 32.1. The minimum absolute atomic E-state index is 0. The molecule has 1 aliphatic rings. The van der Waals surface area contributed by atoms with E-state index in [1.807, 2.05) is 102 Å². The summed E-state index contributed by atoms with van der Waals surface area (Å²) in [6, 6.07) is 47.4. The van der Waals surface area contributed by atoms with Crippen LogP contribution < -0.4 is 4.74 Å². The molecule has 7 aromatic carbocycles. The van der Waals surface area contributed by atoms with Crippen LogP contribution in [0.4, 0.5) is 22.0 Å². The van der Waals surface area contributed by atoms with Crippen molar-refractivity contribution in [1.82, 2.24) is 0 Å². The molecule has 0 atom stereocenters. The smallest absolute Gasteiger partial charge is 0.189 e. The van der Waals surface area contributed by atoms with Crippen molar-refractivity contribution in [3.8, 4) is 5.75 Å². The van der Waals surface area contributed by atoms with Gasteiger partial charge in [-0.25, -0.2) is 22.0 Å². The van der Waals surface area contributed by atoms with E-state index in [9.17, 15) is 26.7 Å². The van der Waals surface area contributed by atoms with E-state index in [4.69, 9.17) is 9.47 Å². The zero-order chi connectivity index (χ0) is 61.2. The van der Waals surface area contributed by atoms with Crippen LogP contribution in [0.1, 0.15) is 160 Å². The van der Waals surface area contributed by atoms with Gasteiger partial charge in [0.15, 0.2) is 12.6 Å². The number of Topliss-reactive ketones (excluding diaryl/α,β-unsaturated/α-hetero) is 1. The minimum atomic E-state index is -0.160. The van der Waals surface area contributed by atoms with E-state index in [-0.39, 0.29) is 42.3 Å². The summed E-state index contributed by atoms with van der Waals surface area (Å²) in [5.41, 5.74) is 13.2. The third kappa shape index (κ3) is 33.1. The number of carbonyl (C=O) groups excluding carboxylic acids is 1. The molecule has 0 N–H and O–H groups in total. The van der Waals surface area contributed by atoms with Crippen molar-refractivity contribution in [2.75, 3.05) is 6.79 Å². The van der Waals surface area contributed by atoms with Crippen LogP contribution in [0.15, 0.2) is 175 Å². The molecule has 0 aliphatic carbocycles. The predicted octanol–water partition coefficient (Wildman–Crippen LogP) is 22.1. The number of fused-ring (bicyclic) bond motifs is 1. The SMILES string of the molecule is C.CC(=O)c1cccs1.CC=CCC.CCc1cc(C)cc2c1COCO2.CCc1ccc(C)c(F)c1.CCc1ccc(C)cc1F.CCc1ccc(F)cc1.CCc1cccc(C)c1.CCc1cccc(F)c1.CCc1ccccc1F. The van der Waals surface area contributed by atoms with Crippen LogP contribution in [0.25, 0.3) is 0 Å². The van der Waals surface area contributed by atoms with Crippen LogP contribution in [0, 0.1) is 56.8 Å². The molecule has 0 fully saturated rings. The van der Waals surface area contributed by atoms with Crippen LogP contribution in [0.2, 0.25) is 0 Å². The van der Waals surface area contributed by atoms with E-state index < -0.39 is 0 Å². The van der Waals surface area contributed by atoms with E-state index in [0.717, 1.165) is 95.4 Å². The quantitative estimate of drug-likeness (QED) is 0.0821. The molecular formula is C74H95F5O3S. The Balaban J connectivity index is 0.000000917. The van der Waals surface area contributed by atoms with E-state index in [0.29, 0.717) is 13.4 Å². The van der Waals surface area contributed by atoms with Gasteiger partial charge in [0, 0.05) is 5.56 Å². The minimum Gasteiger partial charge on any atom is -0.467 e. The molecule has 2 heterocycles. The van der Waals surface area contributed by atoms with Gasteiger partial charge in [0.2, 0.25) is 0 Å². The van der Waals surface area contributed by atoms with Crippen molar-refractivity contribution < 1.29 is 36.2 Å². The summed E-state index contributed by atoms with van der Waals surface area (Å²) in [4.78, 5) is 11.4. The van der Waals surface area contributed by atoms with Crippen LogP contribution in [-0.4, -0.2) is 12.6 Å².